The molecule has 0 radical (unpaired) electrons. The molecular formula is C28H31N3O4S. The quantitative estimate of drug-likeness (QED) is 0.241. The van der Waals surface area contributed by atoms with Crippen molar-refractivity contribution in [3.63, 3.8) is 0 Å². The third-order valence-electron chi connectivity index (χ3n) is 5.40. The lowest BCUT2D eigenvalue weighted by Crippen LogP contribution is -2.46. The van der Waals surface area contributed by atoms with E-state index in [1.54, 1.807) is 4.90 Å². The lowest BCUT2D eigenvalue weighted by molar-refractivity contribution is -0.134. The molecule has 0 saturated carbocycles. The molecule has 1 atom stereocenters. The lowest BCUT2D eigenvalue weighted by atomic mass is 10.0. The molecule has 0 spiro atoms. The Morgan fingerprint density at radius 3 is 2.03 bits per heavy atom. The van der Waals surface area contributed by atoms with E-state index in [2.05, 4.69) is 34.1 Å². The first-order chi connectivity index (χ1) is 17.6. The molecule has 0 N–H and O–H groups in total. The van der Waals surface area contributed by atoms with Gasteiger partial charge in [-0.3, -0.25) is 9.69 Å². The molecular weight excluding hydrogens is 474 g/mol. The number of hydrogen-bond acceptors (Lipinski definition) is 7. The molecule has 1 amide bonds. The number of oxazole rings is 1. The van der Waals surface area contributed by atoms with Gasteiger partial charge in [0.2, 0.25) is 5.91 Å². The van der Waals surface area contributed by atoms with Crippen molar-refractivity contribution in [3.8, 4) is 0 Å². The van der Waals surface area contributed by atoms with Gasteiger partial charge in [-0.2, -0.15) is 0 Å². The highest BCUT2D eigenvalue weighted by Gasteiger charge is 2.27. The second kappa shape index (κ2) is 15.3. The number of nitrogens with zero attached hydrogens (tertiary/aromatic N) is 3. The number of thioether (sulfide) groups is 1. The molecule has 0 saturated heterocycles. The Hall–Kier alpha value is -3.75. The summed E-state index contributed by atoms with van der Waals surface area (Å²) in [4.78, 5) is 37.9. The predicted molar refractivity (Wildman–Crippen MR) is 144 cm³/mol. The van der Waals surface area contributed by atoms with E-state index in [1.165, 1.54) is 17.3 Å². The number of carbonyl (C=O) groups is 3. The summed E-state index contributed by atoms with van der Waals surface area (Å²) in [6, 6.07) is 27.8. The summed E-state index contributed by atoms with van der Waals surface area (Å²) < 4.78 is 5.78. The zero-order chi connectivity index (χ0) is 26.3. The van der Waals surface area contributed by atoms with E-state index < -0.39 is 0 Å². The minimum absolute atomic E-state index is 0.0795. The van der Waals surface area contributed by atoms with Crippen molar-refractivity contribution in [2.75, 3.05) is 20.0 Å². The van der Waals surface area contributed by atoms with Gasteiger partial charge in [-0.05, 0) is 48.5 Å². The average Bonchev–Trinajstić information content (AvgIpc) is 3.36. The van der Waals surface area contributed by atoms with Crippen LogP contribution in [0.1, 0.15) is 11.1 Å². The monoisotopic (exact) mass is 505 g/mol. The van der Waals surface area contributed by atoms with Crippen LogP contribution in [0.2, 0.25) is 0 Å². The van der Waals surface area contributed by atoms with E-state index in [0.29, 0.717) is 24.1 Å². The highest BCUT2D eigenvalue weighted by Crippen LogP contribution is 2.24. The first kappa shape index (κ1) is 28.5. The maximum atomic E-state index is 13.5. The van der Waals surface area contributed by atoms with E-state index in [0.717, 1.165) is 16.7 Å². The Balaban J connectivity index is 0.00000109. The van der Waals surface area contributed by atoms with E-state index in [4.69, 9.17) is 14.0 Å². The molecule has 0 fully saturated rings. The first-order valence-corrected chi connectivity index (χ1v) is 12.2. The number of amides is 1. The number of fused-ring (bicyclic) bond motifs is 1. The fourth-order valence-electron chi connectivity index (χ4n) is 3.63. The fourth-order valence-corrected chi connectivity index (χ4v) is 4.38. The van der Waals surface area contributed by atoms with Gasteiger partial charge in [0.05, 0.1) is 11.9 Å². The van der Waals surface area contributed by atoms with Crippen molar-refractivity contribution in [1.82, 2.24) is 14.8 Å². The third kappa shape index (κ3) is 8.18. The maximum absolute atomic E-state index is 13.5. The average molecular weight is 506 g/mol. The van der Waals surface area contributed by atoms with Gasteiger partial charge in [0.25, 0.3) is 5.22 Å². The summed E-state index contributed by atoms with van der Waals surface area (Å²) >= 11 is 1.43. The molecule has 1 heterocycles. The third-order valence-corrected chi connectivity index (χ3v) is 6.33. The zero-order valence-electron chi connectivity index (χ0n) is 20.6. The zero-order valence-corrected chi connectivity index (χ0v) is 21.4. The van der Waals surface area contributed by atoms with Gasteiger partial charge in [0.15, 0.2) is 5.58 Å². The van der Waals surface area contributed by atoms with Crippen LogP contribution < -0.4 is 0 Å². The summed E-state index contributed by atoms with van der Waals surface area (Å²) in [5.41, 5.74) is 3.91. The van der Waals surface area contributed by atoms with Crippen molar-refractivity contribution in [2.24, 2.45) is 0 Å². The van der Waals surface area contributed by atoms with E-state index in [1.807, 2.05) is 88.3 Å². The van der Waals surface area contributed by atoms with Gasteiger partial charge in [-0.25, -0.2) is 4.98 Å². The standard InChI is InChI=1S/C26H27N3O2S.2CH2O/c1-28(18-21-13-7-4-8-14-21)23(17-20-11-5-3-6-12-20)25(30)29(2)19-32-26-27-22-15-9-10-16-24(22)31-26;2*1-2/h3-16,23H,17-19H2,1-2H3;2*1H2. The van der Waals surface area contributed by atoms with Crippen LogP contribution in [0.3, 0.4) is 0 Å². The molecule has 188 valence electrons. The minimum atomic E-state index is -0.271. The maximum Gasteiger partial charge on any atom is 0.258 e. The number of benzene rings is 3. The van der Waals surface area contributed by atoms with Crippen molar-refractivity contribution in [1.29, 1.82) is 0 Å². The lowest BCUT2D eigenvalue weighted by Gasteiger charge is -2.30. The molecule has 1 aromatic heterocycles. The molecule has 4 rings (SSSR count). The van der Waals surface area contributed by atoms with Crippen LogP contribution in [-0.2, 0) is 27.3 Å². The Morgan fingerprint density at radius 2 is 1.42 bits per heavy atom. The second-order valence-electron chi connectivity index (χ2n) is 7.86. The normalized spacial score (nSPS) is 11.1. The SMILES string of the molecule is C=O.C=O.CN(CSc1nc2ccccc2o1)C(=O)C(Cc1ccccc1)N(C)Cc1ccccc1. The van der Waals surface area contributed by atoms with Crippen LogP contribution in [0.15, 0.2) is 94.6 Å². The summed E-state index contributed by atoms with van der Waals surface area (Å²) in [7, 11) is 3.85. The van der Waals surface area contributed by atoms with Crippen LogP contribution >= 0.6 is 11.8 Å². The Morgan fingerprint density at radius 1 is 0.861 bits per heavy atom. The van der Waals surface area contributed by atoms with E-state index >= 15 is 0 Å². The predicted octanol–water partition coefficient (Wildman–Crippen LogP) is 4.71. The molecule has 7 nitrogen and oxygen atoms in total. The van der Waals surface area contributed by atoms with Gasteiger partial charge in [-0.15, -0.1) is 0 Å². The van der Waals surface area contributed by atoms with Gasteiger partial charge in [0.1, 0.15) is 19.1 Å². The largest absolute Gasteiger partial charge is 0.431 e. The topological polar surface area (TPSA) is 83.7 Å². The van der Waals surface area contributed by atoms with Gasteiger partial charge in [-0.1, -0.05) is 72.8 Å². The molecule has 3 aromatic carbocycles. The Kier molecular flexibility index (Phi) is 12.1. The first-order valence-electron chi connectivity index (χ1n) is 11.2. The van der Waals surface area contributed by atoms with Crippen LogP contribution in [0.4, 0.5) is 0 Å². The van der Waals surface area contributed by atoms with Crippen molar-refractivity contribution >= 4 is 42.3 Å². The molecule has 36 heavy (non-hydrogen) atoms. The van der Waals surface area contributed by atoms with E-state index in [-0.39, 0.29) is 11.9 Å². The van der Waals surface area contributed by atoms with Gasteiger partial charge in [0, 0.05) is 13.6 Å². The number of rotatable bonds is 9. The molecule has 1 unspecified atom stereocenters. The van der Waals surface area contributed by atoms with Crippen LogP contribution in [0, 0.1) is 0 Å². The van der Waals surface area contributed by atoms with Crippen molar-refractivity contribution in [3.05, 3.63) is 96.1 Å². The molecule has 0 aliphatic rings. The van der Waals surface area contributed by atoms with Crippen molar-refractivity contribution in [2.45, 2.75) is 24.2 Å². The number of likely N-dealkylation sites (N-methyl/N-ethyl adjacent to an activating group) is 2. The summed E-state index contributed by atoms with van der Waals surface area (Å²) in [5, 5.41) is 0.572. The molecule has 0 aliphatic carbocycles. The fraction of sp³-hybridized carbons (Fsp3) is 0.214. The summed E-state index contributed by atoms with van der Waals surface area (Å²) in [5.74, 6) is 0.548. The number of aromatic nitrogens is 1. The molecule has 0 aliphatic heterocycles. The van der Waals surface area contributed by atoms with Gasteiger partial charge >= 0.3 is 0 Å². The highest BCUT2D eigenvalue weighted by atomic mass is 32.2. The molecule has 8 heteroatoms. The smallest absolute Gasteiger partial charge is 0.258 e. The number of hydrogen-bond donors (Lipinski definition) is 0. The molecule has 4 aromatic rings. The second-order valence-corrected chi connectivity index (χ2v) is 8.76. The molecule has 0 bridgehead atoms. The van der Waals surface area contributed by atoms with Crippen LogP contribution in [-0.4, -0.2) is 60.3 Å². The Bertz CT molecular complexity index is 1150. The minimum Gasteiger partial charge on any atom is -0.431 e. The number of carbonyl (C=O) groups excluding carboxylic acids is 3. The van der Waals surface area contributed by atoms with Gasteiger partial charge < -0.3 is 18.9 Å². The number of para-hydroxylation sites is 2. The highest BCUT2D eigenvalue weighted by molar-refractivity contribution is 7.99. The van der Waals surface area contributed by atoms with Crippen LogP contribution in [0.25, 0.3) is 11.1 Å². The van der Waals surface area contributed by atoms with E-state index in [9.17, 15) is 4.79 Å². The summed E-state index contributed by atoms with van der Waals surface area (Å²) in [6.45, 7) is 4.70. The summed E-state index contributed by atoms with van der Waals surface area (Å²) in [6.07, 6.45) is 0.654. The van der Waals surface area contributed by atoms with Crippen LogP contribution in [0.5, 0.6) is 0 Å². The van der Waals surface area contributed by atoms with Crippen molar-refractivity contribution < 1.29 is 18.8 Å². The Labute approximate surface area is 216 Å².